The van der Waals surface area contributed by atoms with Crippen molar-refractivity contribution in [2.24, 2.45) is 0 Å². The Labute approximate surface area is 519 Å². The molecule has 0 nitrogen and oxygen atoms in total. The lowest BCUT2D eigenvalue weighted by atomic mass is 9.81. The van der Waals surface area contributed by atoms with E-state index in [1.165, 1.54) is 109 Å². The first kappa shape index (κ1) is 57.8. The van der Waals surface area contributed by atoms with Gasteiger partial charge in [0.2, 0.25) is 0 Å². The molecule has 0 atom stereocenters. The number of allylic oxidation sites excluding steroid dienone is 16. The van der Waals surface area contributed by atoms with Gasteiger partial charge in [0.1, 0.15) is 0 Å². The topological polar surface area (TPSA) is 0 Å². The van der Waals surface area contributed by atoms with Crippen LogP contribution in [0.15, 0.2) is 316 Å². The Balaban J connectivity index is 0.00000373. The molecule has 0 heteroatoms. The van der Waals surface area contributed by atoms with Crippen molar-refractivity contribution in [1.29, 1.82) is 0 Å². The van der Waals surface area contributed by atoms with Crippen molar-refractivity contribution in [3.63, 3.8) is 0 Å². The minimum atomic E-state index is 0.915. The second-order valence-corrected chi connectivity index (χ2v) is 21.9. The number of benzene rings is 12. The van der Waals surface area contributed by atoms with E-state index in [1.54, 1.807) is 0 Å². The molecule has 12 aromatic carbocycles. The molecule has 0 saturated carbocycles. The Morgan fingerprint density at radius 3 is 1.39 bits per heavy atom. The molecule has 13 rings (SSSR count). The summed E-state index contributed by atoms with van der Waals surface area (Å²) in [5.41, 5.74) is 18.9. The molecule has 0 amide bonds. The summed E-state index contributed by atoms with van der Waals surface area (Å²) in [6.07, 6.45) is 36.4. The van der Waals surface area contributed by atoms with Crippen molar-refractivity contribution in [3.8, 4) is 55.6 Å². The highest BCUT2D eigenvalue weighted by atomic mass is 14.3. The first-order chi connectivity index (χ1) is 43.6. The smallest absolute Gasteiger partial charge is 0.00143 e. The minimum absolute atomic E-state index is 0.915. The van der Waals surface area contributed by atoms with E-state index < -0.39 is 0 Å². The van der Waals surface area contributed by atoms with E-state index in [-0.39, 0.29) is 0 Å². The molecule has 0 radical (unpaired) electrons. The second-order valence-electron chi connectivity index (χ2n) is 21.9. The van der Waals surface area contributed by atoms with Crippen LogP contribution in [-0.4, -0.2) is 0 Å². The molecular weight excluding hydrogens is 1060 g/mol. The third kappa shape index (κ3) is 11.1. The van der Waals surface area contributed by atoms with Crippen LogP contribution in [0.1, 0.15) is 57.7 Å². The van der Waals surface area contributed by atoms with Crippen LogP contribution in [0.3, 0.4) is 0 Å². The van der Waals surface area contributed by atoms with Gasteiger partial charge in [-0.15, -0.1) is 0 Å². The summed E-state index contributed by atoms with van der Waals surface area (Å²) in [6.45, 7) is 14.8. The van der Waals surface area contributed by atoms with Gasteiger partial charge in [0.15, 0.2) is 0 Å². The van der Waals surface area contributed by atoms with Gasteiger partial charge in [0.25, 0.3) is 0 Å². The third-order valence-electron chi connectivity index (χ3n) is 16.9. The molecule has 424 valence electrons. The van der Waals surface area contributed by atoms with Gasteiger partial charge < -0.3 is 0 Å². The summed E-state index contributed by atoms with van der Waals surface area (Å²) >= 11 is 0. The van der Waals surface area contributed by atoms with Crippen LogP contribution < -0.4 is 10.4 Å². The van der Waals surface area contributed by atoms with Crippen LogP contribution in [0, 0.1) is 0 Å². The van der Waals surface area contributed by atoms with Gasteiger partial charge in [-0.3, -0.25) is 0 Å². The fourth-order valence-electron chi connectivity index (χ4n) is 13.2. The number of hydrogen-bond donors (Lipinski definition) is 0. The summed E-state index contributed by atoms with van der Waals surface area (Å²) in [7, 11) is 0. The zero-order valence-corrected chi connectivity index (χ0v) is 51.0. The predicted molar refractivity (Wildman–Crippen MR) is 389 cm³/mol. The maximum Gasteiger partial charge on any atom is -0.00143 e. The van der Waals surface area contributed by atoms with E-state index >= 15 is 0 Å². The SMILES string of the molecule is C=C/C(=C\C=C1\C=CC=CC1)c1c2ccccc2c(-c2ccc(-c3c(-c4ccccc4)c(-c4ccccc4)c(/C=C/C=C(\C=C/C)c4c5ccccc5c(-c5ccc6ccccc6c5)c5ccccc45)c(=C/C)/c3=C\C=C/C)cc2)c2ccccc12.CC. The molecule has 1 aliphatic carbocycles. The van der Waals surface area contributed by atoms with Crippen molar-refractivity contribution in [1.82, 2.24) is 0 Å². The van der Waals surface area contributed by atoms with Crippen LogP contribution in [0.25, 0.3) is 139 Å². The molecule has 0 saturated heterocycles. The molecule has 0 bridgehead atoms. The monoisotopic (exact) mass is 1130 g/mol. The van der Waals surface area contributed by atoms with Gasteiger partial charge in [-0.2, -0.15) is 0 Å². The van der Waals surface area contributed by atoms with E-state index in [4.69, 9.17) is 0 Å². The molecule has 0 N–H and O–H groups in total. The summed E-state index contributed by atoms with van der Waals surface area (Å²) in [6, 6.07) is 82.6. The van der Waals surface area contributed by atoms with Crippen molar-refractivity contribution >= 4 is 83.2 Å². The summed E-state index contributed by atoms with van der Waals surface area (Å²) in [5, 5.41) is 14.5. The predicted octanol–water partition coefficient (Wildman–Crippen LogP) is 23.7. The van der Waals surface area contributed by atoms with Crippen molar-refractivity contribution in [3.05, 3.63) is 343 Å². The largest absolute Gasteiger partial charge is 0.0984 e. The highest BCUT2D eigenvalue weighted by Gasteiger charge is 2.23. The molecule has 0 aliphatic heterocycles. The third-order valence-corrected chi connectivity index (χ3v) is 16.9. The molecule has 0 spiro atoms. The van der Waals surface area contributed by atoms with Crippen LogP contribution in [0.2, 0.25) is 0 Å². The summed E-state index contributed by atoms with van der Waals surface area (Å²) in [5.74, 6) is 0. The second kappa shape index (κ2) is 26.7. The normalized spacial score (nSPS) is 13.8. The standard InChI is InChI=1S/C86H66.C2H6/c1-5-9-40-70-69(8-4)71(49-29-39-62(30-6-2)81-76-45-25-27-47-78(76)83(79-48-28-26-46-77(79)81)68-57-52-61-33-19-20-38-67(61)58-68)84(63-34-15-11-16-35-63)86(64-36-17-12-18-37-64)85(70)66-55-53-65(54-56-66)82-74-43-23-21-41-72(74)80(73-42-22-24-44-75(73)82)60(7-3)51-50-59-31-13-10-14-32-59;1-2/h5-31,33-58H,3,32H2,1-2,4H3;1-2H3/b9-5-,30-6-,49-29+,59-50-,60-51+,62-39+,69-8+,70-40+;. The molecule has 1 aliphatic rings. The van der Waals surface area contributed by atoms with E-state index in [1.807, 2.05) is 19.9 Å². The quantitative estimate of drug-likeness (QED) is 0.0797. The number of hydrogen-bond acceptors (Lipinski definition) is 0. The Hall–Kier alpha value is -10.7. The fourth-order valence-corrected chi connectivity index (χ4v) is 13.2. The van der Waals surface area contributed by atoms with E-state index in [9.17, 15) is 0 Å². The first-order valence-electron chi connectivity index (χ1n) is 31.0. The lowest BCUT2D eigenvalue weighted by Crippen LogP contribution is -2.31. The Morgan fingerprint density at radius 1 is 0.386 bits per heavy atom. The van der Waals surface area contributed by atoms with E-state index in [0.717, 1.165) is 50.6 Å². The van der Waals surface area contributed by atoms with Crippen molar-refractivity contribution < 1.29 is 0 Å². The molecule has 0 unspecified atom stereocenters. The van der Waals surface area contributed by atoms with E-state index in [0.29, 0.717) is 0 Å². The van der Waals surface area contributed by atoms with Crippen LogP contribution in [-0.2, 0) is 0 Å². The van der Waals surface area contributed by atoms with Gasteiger partial charge in [0, 0.05) is 0 Å². The average molecular weight is 1130 g/mol. The summed E-state index contributed by atoms with van der Waals surface area (Å²) < 4.78 is 0. The van der Waals surface area contributed by atoms with Crippen LogP contribution >= 0.6 is 0 Å². The van der Waals surface area contributed by atoms with Gasteiger partial charge in [0.05, 0.1) is 0 Å². The molecule has 88 heavy (non-hydrogen) atoms. The highest BCUT2D eigenvalue weighted by molar-refractivity contribution is 6.21. The lowest BCUT2D eigenvalue weighted by molar-refractivity contribution is 1.26. The zero-order valence-electron chi connectivity index (χ0n) is 51.0. The maximum atomic E-state index is 4.36. The number of fused-ring (bicyclic) bond motifs is 5. The van der Waals surface area contributed by atoms with Crippen LogP contribution in [0.5, 0.6) is 0 Å². The van der Waals surface area contributed by atoms with Crippen LogP contribution in [0.4, 0.5) is 0 Å². The van der Waals surface area contributed by atoms with Gasteiger partial charge in [-0.05, 0) is 187 Å². The maximum absolute atomic E-state index is 4.36. The Morgan fingerprint density at radius 2 is 0.864 bits per heavy atom. The Bertz CT molecular complexity index is 4890. The molecule has 12 aromatic rings. The van der Waals surface area contributed by atoms with E-state index in [2.05, 4.69) is 343 Å². The fraction of sp³-hybridized carbons (Fsp3) is 0.0682. The first-order valence-corrected chi connectivity index (χ1v) is 31.0. The Kier molecular flexibility index (Phi) is 17.5. The zero-order chi connectivity index (χ0) is 60.3. The van der Waals surface area contributed by atoms with Crippen molar-refractivity contribution in [2.75, 3.05) is 0 Å². The molecule has 0 heterocycles. The minimum Gasteiger partial charge on any atom is -0.0984 e. The van der Waals surface area contributed by atoms with Gasteiger partial charge in [-0.25, -0.2) is 0 Å². The highest BCUT2D eigenvalue weighted by Crippen LogP contribution is 2.46. The van der Waals surface area contributed by atoms with Gasteiger partial charge in [-0.1, -0.05) is 336 Å². The lowest BCUT2D eigenvalue weighted by Gasteiger charge is -2.22. The molecule has 0 fully saturated rings. The van der Waals surface area contributed by atoms with Gasteiger partial charge >= 0.3 is 0 Å². The number of rotatable bonds is 13. The molecule has 0 aromatic heterocycles. The molecular formula is C88H72. The summed E-state index contributed by atoms with van der Waals surface area (Å²) in [4.78, 5) is 0. The average Bonchev–Trinajstić information content (AvgIpc) is 1.08. The van der Waals surface area contributed by atoms with Crippen molar-refractivity contribution in [2.45, 2.75) is 41.0 Å².